The smallest absolute Gasteiger partial charge is 0.236 e. The van der Waals surface area contributed by atoms with Crippen molar-refractivity contribution in [1.29, 1.82) is 0 Å². The lowest BCUT2D eigenvalue weighted by molar-refractivity contribution is -0.131. The minimum Gasteiger partial charge on any atom is -0.337 e. The third-order valence-electron chi connectivity index (χ3n) is 5.72. The predicted octanol–water partition coefficient (Wildman–Crippen LogP) is 4.53. The van der Waals surface area contributed by atoms with Crippen LogP contribution in [-0.2, 0) is 17.8 Å². The molecule has 0 aliphatic carbocycles. The molecule has 1 atom stereocenters. The number of nitrogens with zero attached hydrogens (tertiary/aromatic N) is 5. The molecular weight excluding hydrogens is 437 g/mol. The fraction of sp³-hybridized carbons (Fsp3) is 0.200. The van der Waals surface area contributed by atoms with Gasteiger partial charge in [-0.3, -0.25) is 14.3 Å². The van der Waals surface area contributed by atoms with E-state index in [1.807, 2.05) is 30.0 Å². The fourth-order valence-corrected chi connectivity index (χ4v) is 4.97. The third-order valence-corrected chi connectivity index (χ3v) is 6.75. The highest BCUT2D eigenvalue weighted by Gasteiger charge is 2.28. The second-order valence-electron chi connectivity index (χ2n) is 7.87. The van der Waals surface area contributed by atoms with E-state index in [1.165, 1.54) is 29.0 Å². The maximum atomic E-state index is 14.8. The van der Waals surface area contributed by atoms with Crippen LogP contribution in [0.25, 0.3) is 17.1 Å². The van der Waals surface area contributed by atoms with E-state index in [4.69, 9.17) is 0 Å². The molecule has 1 aliphatic rings. The monoisotopic (exact) mass is 459 g/mol. The lowest BCUT2D eigenvalue weighted by atomic mass is 10.00. The van der Waals surface area contributed by atoms with E-state index in [0.717, 1.165) is 6.42 Å². The van der Waals surface area contributed by atoms with E-state index in [0.29, 0.717) is 35.3 Å². The van der Waals surface area contributed by atoms with Crippen molar-refractivity contribution in [3.8, 4) is 17.1 Å². The second kappa shape index (κ2) is 9.15. The van der Waals surface area contributed by atoms with Gasteiger partial charge in [0, 0.05) is 31.0 Å². The van der Waals surface area contributed by atoms with E-state index < -0.39 is 11.1 Å². The van der Waals surface area contributed by atoms with E-state index in [9.17, 15) is 9.18 Å². The number of fused-ring (bicyclic) bond motifs is 1. The predicted molar refractivity (Wildman–Crippen MR) is 125 cm³/mol. The van der Waals surface area contributed by atoms with Gasteiger partial charge in [0.25, 0.3) is 0 Å². The van der Waals surface area contributed by atoms with Crippen molar-refractivity contribution in [3.05, 3.63) is 90.0 Å². The Morgan fingerprint density at radius 2 is 1.82 bits per heavy atom. The number of thioether (sulfide) groups is 1. The van der Waals surface area contributed by atoms with E-state index in [-0.39, 0.29) is 5.91 Å². The van der Waals surface area contributed by atoms with Crippen molar-refractivity contribution >= 4 is 17.7 Å². The van der Waals surface area contributed by atoms with Gasteiger partial charge in [0.05, 0.1) is 10.9 Å². The lowest BCUT2D eigenvalue weighted by Gasteiger charge is -2.30. The Bertz CT molecular complexity index is 1290. The Morgan fingerprint density at radius 3 is 2.61 bits per heavy atom. The number of rotatable bonds is 5. The number of carbonyl (C=O) groups is 1. The van der Waals surface area contributed by atoms with Gasteiger partial charge in [-0.25, -0.2) is 4.39 Å². The van der Waals surface area contributed by atoms with Crippen LogP contribution in [0.3, 0.4) is 0 Å². The molecule has 6 nitrogen and oxygen atoms in total. The summed E-state index contributed by atoms with van der Waals surface area (Å²) in [6, 6.07) is 18.3. The summed E-state index contributed by atoms with van der Waals surface area (Å²) in [7, 11) is 0. The van der Waals surface area contributed by atoms with Crippen LogP contribution in [0, 0.1) is 5.82 Å². The number of benzene rings is 2. The van der Waals surface area contributed by atoms with Crippen LogP contribution >= 0.6 is 11.8 Å². The third kappa shape index (κ3) is 4.26. The van der Waals surface area contributed by atoms with Crippen LogP contribution in [-0.4, -0.2) is 42.4 Å². The summed E-state index contributed by atoms with van der Waals surface area (Å²) in [6.45, 7) is 3.14. The maximum absolute atomic E-state index is 14.8. The molecular formula is C25H22FN5OS. The van der Waals surface area contributed by atoms with Crippen LogP contribution in [0.15, 0.2) is 78.2 Å². The Hall–Kier alpha value is -3.52. The zero-order valence-electron chi connectivity index (χ0n) is 18.1. The van der Waals surface area contributed by atoms with Crippen molar-refractivity contribution in [2.75, 3.05) is 6.54 Å². The summed E-state index contributed by atoms with van der Waals surface area (Å²) in [4.78, 5) is 19.3. The van der Waals surface area contributed by atoms with Crippen LogP contribution in [0.1, 0.15) is 18.1 Å². The molecule has 166 valence electrons. The van der Waals surface area contributed by atoms with Gasteiger partial charge in [0.15, 0.2) is 11.0 Å². The molecule has 2 aromatic carbocycles. The maximum Gasteiger partial charge on any atom is 0.236 e. The first-order valence-electron chi connectivity index (χ1n) is 10.7. The SMILES string of the molecule is CC(Sc1nnc(-c2cccnc2)n1-c1ccccc1F)C(=O)N1CCc2ccccc2C1. The average molecular weight is 460 g/mol. The van der Waals surface area contributed by atoms with Crippen molar-refractivity contribution in [2.24, 2.45) is 0 Å². The Kier molecular flexibility index (Phi) is 5.92. The van der Waals surface area contributed by atoms with Gasteiger partial charge in [-0.05, 0) is 48.7 Å². The molecule has 4 aromatic rings. The molecule has 0 bridgehead atoms. The Labute approximate surface area is 195 Å². The van der Waals surface area contributed by atoms with Crippen LogP contribution in [0.5, 0.6) is 0 Å². The van der Waals surface area contributed by atoms with Gasteiger partial charge in [0.2, 0.25) is 5.91 Å². The standard InChI is InChI=1S/C25H22FN5OS/c1-17(24(32)30-14-12-18-7-2-3-8-20(18)16-30)33-25-29-28-23(19-9-6-13-27-15-19)31(25)22-11-5-4-10-21(22)26/h2-11,13,15,17H,12,14,16H2,1H3. The molecule has 0 N–H and O–H groups in total. The molecule has 33 heavy (non-hydrogen) atoms. The largest absolute Gasteiger partial charge is 0.337 e. The lowest BCUT2D eigenvalue weighted by Crippen LogP contribution is -2.40. The van der Waals surface area contributed by atoms with Gasteiger partial charge >= 0.3 is 0 Å². The summed E-state index contributed by atoms with van der Waals surface area (Å²) in [5, 5.41) is 8.69. The Balaban J connectivity index is 1.44. The normalized spacial score (nSPS) is 14.1. The van der Waals surface area contributed by atoms with Crippen LogP contribution in [0.2, 0.25) is 0 Å². The van der Waals surface area contributed by atoms with Crippen LogP contribution in [0.4, 0.5) is 4.39 Å². The molecule has 0 spiro atoms. The van der Waals surface area contributed by atoms with E-state index in [2.05, 4.69) is 27.3 Å². The van der Waals surface area contributed by atoms with Crippen molar-refractivity contribution in [2.45, 2.75) is 30.3 Å². The van der Waals surface area contributed by atoms with Crippen molar-refractivity contribution in [1.82, 2.24) is 24.6 Å². The number of para-hydroxylation sites is 1. The molecule has 2 aromatic heterocycles. The molecule has 5 rings (SSSR count). The molecule has 8 heteroatoms. The van der Waals surface area contributed by atoms with Crippen LogP contribution < -0.4 is 0 Å². The summed E-state index contributed by atoms with van der Waals surface area (Å²) < 4.78 is 16.4. The summed E-state index contributed by atoms with van der Waals surface area (Å²) in [5.74, 6) is 0.110. The molecule has 0 saturated carbocycles. The minimum absolute atomic E-state index is 0.0283. The first-order valence-corrected chi connectivity index (χ1v) is 11.6. The highest BCUT2D eigenvalue weighted by Crippen LogP contribution is 2.32. The quantitative estimate of drug-likeness (QED) is 0.410. The van der Waals surface area contributed by atoms with E-state index >= 15 is 0 Å². The summed E-state index contributed by atoms with van der Waals surface area (Å²) in [5.41, 5.74) is 3.52. The highest BCUT2D eigenvalue weighted by atomic mass is 32.2. The molecule has 0 saturated heterocycles. The van der Waals surface area contributed by atoms with Gasteiger partial charge in [-0.1, -0.05) is 48.2 Å². The van der Waals surface area contributed by atoms with Crippen molar-refractivity contribution < 1.29 is 9.18 Å². The first-order chi connectivity index (χ1) is 16.1. The van der Waals surface area contributed by atoms with Gasteiger partial charge in [0.1, 0.15) is 5.82 Å². The van der Waals surface area contributed by atoms with Gasteiger partial charge in [-0.2, -0.15) is 0 Å². The number of hydrogen-bond donors (Lipinski definition) is 0. The molecule has 0 fully saturated rings. The van der Waals surface area contributed by atoms with Gasteiger partial charge < -0.3 is 4.90 Å². The minimum atomic E-state index is -0.410. The number of hydrogen-bond acceptors (Lipinski definition) is 5. The number of aromatic nitrogens is 4. The van der Waals surface area contributed by atoms with E-state index in [1.54, 1.807) is 41.2 Å². The second-order valence-corrected chi connectivity index (χ2v) is 9.18. The molecule has 3 heterocycles. The zero-order valence-corrected chi connectivity index (χ0v) is 18.9. The fourth-order valence-electron chi connectivity index (χ4n) is 4.03. The summed E-state index contributed by atoms with van der Waals surface area (Å²) >= 11 is 1.28. The zero-order chi connectivity index (χ0) is 22.8. The number of pyridine rings is 1. The topological polar surface area (TPSA) is 63.9 Å². The molecule has 0 radical (unpaired) electrons. The average Bonchev–Trinajstić information content (AvgIpc) is 3.27. The summed E-state index contributed by atoms with van der Waals surface area (Å²) in [6.07, 6.45) is 4.17. The highest BCUT2D eigenvalue weighted by molar-refractivity contribution is 8.00. The number of carbonyl (C=O) groups excluding carboxylic acids is 1. The number of halogens is 1. The Morgan fingerprint density at radius 1 is 1.03 bits per heavy atom. The molecule has 1 aliphatic heterocycles. The molecule has 1 unspecified atom stereocenters. The number of amides is 1. The molecule has 1 amide bonds. The van der Waals surface area contributed by atoms with Crippen molar-refractivity contribution in [3.63, 3.8) is 0 Å². The first kappa shape index (κ1) is 21.3. The van der Waals surface area contributed by atoms with Gasteiger partial charge in [-0.15, -0.1) is 10.2 Å².